The second kappa shape index (κ2) is 5.65. The molecule has 1 heterocycles. The van der Waals surface area contributed by atoms with E-state index >= 15 is 0 Å². The van der Waals surface area contributed by atoms with E-state index in [0.29, 0.717) is 5.92 Å². The lowest BCUT2D eigenvalue weighted by atomic mass is 9.75. The molecule has 0 N–H and O–H groups in total. The molecular formula is C14H20N2O3. The molecule has 104 valence electrons. The Hall–Kier alpha value is -1.49. The van der Waals surface area contributed by atoms with Crippen molar-refractivity contribution in [3.05, 3.63) is 18.1 Å². The maximum atomic E-state index is 12.8. The van der Waals surface area contributed by atoms with Gasteiger partial charge in [0.25, 0.3) is 0 Å². The summed E-state index contributed by atoms with van der Waals surface area (Å²) in [6.45, 7) is 2.15. The summed E-state index contributed by atoms with van der Waals surface area (Å²) in [5.41, 5.74) is -0.512. The minimum atomic E-state index is -0.777. The van der Waals surface area contributed by atoms with Crippen LogP contribution in [0.4, 0.5) is 0 Å². The van der Waals surface area contributed by atoms with Crippen LogP contribution in [0.5, 0.6) is 5.88 Å². The molecule has 0 amide bonds. The summed E-state index contributed by atoms with van der Waals surface area (Å²) in [5.74, 6) is 0.619. The number of hydrogen-bond donors (Lipinski definition) is 0. The topological polar surface area (TPSA) is 61.3 Å². The van der Waals surface area contributed by atoms with E-state index in [4.69, 9.17) is 9.47 Å². The molecule has 0 spiro atoms. The fourth-order valence-electron chi connectivity index (χ4n) is 2.83. The zero-order valence-electron chi connectivity index (χ0n) is 11.7. The predicted octanol–water partition coefficient (Wildman–Crippen LogP) is 2.26. The number of aromatic nitrogens is 2. The molecule has 1 fully saturated rings. The molecular weight excluding hydrogens is 244 g/mol. The van der Waals surface area contributed by atoms with Crippen molar-refractivity contribution in [3.63, 3.8) is 0 Å². The zero-order chi connectivity index (χ0) is 13.9. The van der Waals surface area contributed by atoms with Gasteiger partial charge in [-0.1, -0.05) is 13.3 Å². The van der Waals surface area contributed by atoms with Gasteiger partial charge in [-0.25, -0.2) is 9.97 Å². The van der Waals surface area contributed by atoms with Gasteiger partial charge in [0.2, 0.25) is 11.7 Å². The van der Waals surface area contributed by atoms with Crippen molar-refractivity contribution in [3.8, 4) is 5.88 Å². The van der Waals surface area contributed by atoms with E-state index in [1.165, 1.54) is 19.5 Å². The van der Waals surface area contributed by atoms with E-state index in [9.17, 15) is 4.79 Å². The van der Waals surface area contributed by atoms with Gasteiger partial charge < -0.3 is 9.47 Å². The summed E-state index contributed by atoms with van der Waals surface area (Å²) in [5, 5.41) is 0. The van der Waals surface area contributed by atoms with Crippen molar-refractivity contribution in [2.45, 2.75) is 38.2 Å². The number of carbonyl (C=O) groups excluding carboxylic acids is 1. The lowest BCUT2D eigenvalue weighted by Gasteiger charge is -2.37. The Labute approximate surface area is 113 Å². The van der Waals surface area contributed by atoms with Crippen LogP contribution in [0.25, 0.3) is 0 Å². The summed E-state index contributed by atoms with van der Waals surface area (Å²) in [6, 6.07) is 0. The van der Waals surface area contributed by atoms with Crippen LogP contribution in [0.15, 0.2) is 12.4 Å². The SMILES string of the molecule is COc1nccnc1C(=O)C1(OC)CCCC(C)C1. The minimum Gasteiger partial charge on any atom is -0.479 e. The molecule has 1 aliphatic carbocycles. The fraction of sp³-hybridized carbons (Fsp3) is 0.643. The Morgan fingerprint density at radius 2 is 2.11 bits per heavy atom. The molecule has 0 aromatic carbocycles. The number of nitrogens with zero attached hydrogens (tertiary/aromatic N) is 2. The van der Waals surface area contributed by atoms with Gasteiger partial charge in [0.05, 0.1) is 7.11 Å². The van der Waals surface area contributed by atoms with Gasteiger partial charge in [-0.05, 0) is 25.2 Å². The van der Waals surface area contributed by atoms with Crippen molar-refractivity contribution >= 4 is 5.78 Å². The Balaban J connectivity index is 2.35. The number of carbonyl (C=O) groups is 1. The van der Waals surface area contributed by atoms with E-state index in [2.05, 4.69) is 16.9 Å². The molecule has 1 aliphatic rings. The molecule has 1 aromatic heterocycles. The molecule has 0 saturated heterocycles. The Bertz CT molecular complexity index is 464. The van der Waals surface area contributed by atoms with Crippen LogP contribution in [-0.2, 0) is 4.74 Å². The summed E-state index contributed by atoms with van der Waals surface area (Å²) < 4.78 is 10.7. The van der Waals surface area contributed by atoms with E-state index < -0.39 is 5.60 Å². The summed E-state index contributed by atoms with van der Waals surface area (Å²) in [6.07, 6.45) is 6.59. The molecule has 1 saturated carbocycles. The van der Waals surface area contributed by atoms with Gasteiger partial charge in [-0.3, -0.25) is 4.79 Å². The first-order valence-corrected chi connectivity index (χ1v) is 6.58. The number of rotatable bonds is 4. The van der Waals surface area contributed by atoms with Crippen molar-refractivity contribution in [1.82, 2.24) is 9.97 Å². The van der Waals surface area contributed by atoms with E-state index in [0.717, 1.165) is 25.7 Å². The first-order chi connectivity index (χ1) is 9.13. The highest BCUT2D eigenvalue weighted by atomic mass is 16.5. The van der Waals surface area contributed by atoms with Crippen LogP contribution in [-0.4, -0.2) is 35.6 Å². The Kier molecular flexibility index (Phi) is 4.14. The molecule has 0 radical (unpaired) electrons. The molecule has 2 unspecified atom stereocenters. The van der Waals surface area contributed by atoms with Crippen molar-refractivity contribution in [2.24, 2.45) is 5.92 Å². The average molecular weight is 264 g/mol. The largest absolute Gasteiger partial charge is 0.479 e. The van der Waals surface area contributed by atoms with Crippen LogP contribution in [0.3, 0.4) is 0 Å². The van der Waals surface area contributed by atoms with Crippen molar-refractivity contribution in [2.75, 3.05) is 14.2 Å². The highest BCUT2D eigenvalue weighted by Crippen LogP contribution is 2.37. The minimum absolute atomic E-state index is 0.119. The van der Waals surface area contributed by atoms with Crippen molar-refractivity contribution < 1.29 is 14.3 Å². The van der Waals surface area contributed by atoms with Gasteiger partial charge in [0.1, 0.15) is 5.60 Å². The zero-order valence-corrected chi connectivity index (χ0v) is 11.7. The Morgan fingerprint density at radius 3 is 2.74 bits per heavy atom. The van der Waals surface area contributed by atoms with E-state index in [1.807, 2.05) is 0 Å². The normalized spacial score (nSPS) is 27.0. The van der Waals surface area contributed by atoms with Crippen LogP contribution >= 0.6 is 0 Å². The van der Waals surface area contributed by atoms with E-state index in [1.54, 1.807) is 7.11 Å². The number of hydrogen-bond acceptors (Lipinski definition) is 5. The molecule has 0 aliphatic heterocycles. The lowest BCUT2D eigenvalue weighted by Crippen LogP contribution is -2.45. The molecule has 1 aromatic rings. The number of ketones is 1. The van der Waals surface area contributed by atoms with Gasteiger partial charge in [-0.15, -0.1) is 0 Å². The first-order valence-electron chi connectivity index (χ1n) is 6.58. The van der Waals surface area contributed by atoms with Gasteiger partial charge >= 0.3 is 0 Å². The summed E-state index contributed by atoms with van der Waals surface area (Å²) in [7, 11) is 3.09. The number of Topliss-reactive ketones (excluding diaryl/α,β-unsaturated/α-hetero) is 1. The second-order valence-corrected chi connectivity index (χ2v) is 5.14. The molecule has 5 nitrogen and oxygen atoms in total. The molecule has 0 bridgehead atoms. The van der Waals surface area contributed by atoms with Gasteiger partial charge in [0.15, 0.2) is 5.69 Å². The lowest BCUT2D eigenvalue weighted by molar-refractivity contribution is -0.0308. The highest BCUT2D eigenvalue weighted by Gasteiger charge is 2.44. The van der Waals surface area contributed by atoms with Gasteiger partial charge in [-0.2, -0.15) is 0 Å². The summed E-state index contributed by atoms with van der Waals surface area (Å²) >= 11 is 0. The standard InChI is InChI=1S/C14H20N2O3/c1-10-5-4-6-14(9-10,19-3)12(17)11-13(18-2)16-8-7-15-11/h7-8,10H,4-6,9H2,1-3H3. The van der Waals surface area contributed by atoms with Crippen LogP contribution < -0.4 is 4.74 Å². The summed E-state index contributed by atoms with van der Waals surface area (Å²) in [4.78, 5) is 20.9. The number of ether oxygens (including phenoxy) is 2. The third-order valence-electron chi connectivity index (χ3n) is 3.83. The molecule has 5 heteroatoms. The maximum Gasteiger partial charge on any atom is 0.243 e. The number of methoxy groups -OCH3 is 2. The first kappa shape index (κ1) is 13.9. The molecule has 2 atom stereocenters. The quantitative estimate of drug-likeness (QED) is 0.781. The second-order valence-electron chi connectivity index (χ2n) is 5.14. The fourth-order valence-corrected chi connectivity index (χ4v) is 2.83. The molecule has 19 heavy (non-hydrogen) atoms. The molecule has 2 rings (SSSR count). The Morgan fingerprint density at radius 1 is 1.37 bits per heavy atom. The van der Waals surface area contributed by atoms with E-state index in [-0.39, 0.29) is 17.4 Å². The van der Waals surface area contributed by atoms with Crippen LogP contribution in [0, 0.1) is 5.92 Å². The highest BCUT2D eigenvalue weighted by molar-refractivity contribution is 6.02. The average Bonchev–Trinajstić information content (AvgIpc) is 2.46. The smallest absolute Gasteiger partial charge is 0.243 e. The van der Waals surface area contributed by atoms with Crippen molar-refractivity contribution in [1.29, 1.82) is 0 Å². The van der Waals surface area contributed by atoms with Crippen LogP contribution in [0.2, 0.25) is 0 Å². The predicted molar refractivity (Wildman–Crippen MR) is 70.3 cm³/mol. The maximum absolute atomic E-state index is 12.8. The monoisotopic (exact) mass is 264 g/mol. The van der Waals surface area contributed by atoms with Gasteiger partial charge in [0, 0.05) is 19.5 Å². The third-order valence-corrected chi connectivity index (χ3v) is 3.83. The third kappa shape index (κ3) is 2.61. The van der Waals surface area contributed by atoms with Crippen LogP contribution in [0.1, 0.15) is 43.1 Å².